The molecule has 0 saturated carbocycles. The van der Waals surface area contributed by atoms with Crippen LogP contribution in [0.2, 0.25) is 0 Å². The Kier molecular flexibility index (Phi) is 3.30. The van der Waals surface area contributed by atoms with Crippen LogP contribution in [-0.2, 0) is 13.0 Å². The molecule has 1 aromatic rings. The number of nitrogens with one attached hydrogen (secondary N) is 1. The zero-order chi connectivity index (χ0) is 11.6. The van der Waals surface area contributed by atoms with E-state index in [1.165, 1.54) is 0 Å². The Balaban J connectivity index is 1.97. The second kappa shape index (κ2) is 4.55. The van der Waals surface area contributed by atoms with E-state index in [0.29, 0.717) is 18.9 Å². The number of nitrogens with zero attached hydrogens (tertiary/aromatic N) is 2. The van der Waals surface area contributed by atoms with E-state index in [1.807, 2.05) is 10.9 Å². The lowest BCUT2D eigenvalue weighted by atomic mass is 9.96. The molecule has 0 aliphatic carbocycles. The summed E-state index contributed by atoms with van der Waals surface area (Å²) < 4.78 is 1.96. The van der Waals surface area contributed by atoms with Gasteiger partial charge in [-0.2, -0.15) is 5.10 Å². The molecule has 1 saturated heterocycles. The van der Waals surface area contributed by atoms with Crippen LogP contribution in [0, 0.1) is 5.92 Å². The van der Waals surface area contributed by atoms with Gasteiger partial charge >= 0.3 is 0 Å². The van der Waals surface area contributed by atoms with Crippen molar-refractivity contribution < 1.29 is 5.11 Å². The molecule has 4 heteroatoms. The zero-order valence-corrected chi connectivity index (χ0v) is 10.1. The lowest BCUT2D eigenvalue weighted by Gasteiger charge is -2.19. The van der Waals surface area contributed by atoms with Crippen LogP contribution in [0.3, 0.4) is 0 Å². The molecule has 0 radical (unpaired) electrons. The van der Waals surface area contributed by atoms with Gasteiger partial charge in [-0.15, -0.1) is 0 Å². The van der Waals surface area contributed by atoms with Gasteiger partial charge in [-0.25, -0.2) is 0 Å². The normalized spacial score (nSPS) is 25.5. The van der Waals surface area contributed by atoms with Gasteiger partial charge in [-0.3, -0.25) is 4.68 Å². The lowest BCUT2D eigenvalue weighted by Crippen LogP contribution is -2.33. The van der Waals surface area contributed by atoms with Crippen molar-refractivity contribution in [3.8, 4) is 0 Å². The molecule has 0 bridgehead atoms. The van der Waals surface area contributed by atoms with E-state index < -0.39 is 5.60 Å². The number of aliphatic hydroxyl groups is 1. The van der Waals surface area contributed by atoms with E-state index in [9.17, 15) is 5.11 Å². The minimum absolute atomic E-state index is 0.564. The van der Waals surface area contributed by atoms with Crippen molar-refractivity contribution in [2.75, 3.05) is 13.1 Å². The monoisotopic (exact) mass is 223 g/mol. The zero-order valence-electron chi connectivity index (χ0n) is 10.1. The molecule has 2 N–H and O–H groups in total. The van der Waals surface area contributed by atoms with Crippen LogP contribution in [0.5, 0.6) is 0 Å². The van der Waals surface area contributed by atoms with Gasteiger partial charge in [-0.1, -0.05) is 13.8 Å². The Labute approximate surface area is 96.7 Å². The van der Waals surface area contributed by atoms with Crippen molar-refractivity contribution in [2.24, 2.45) is 5.92 Å². The Morgan fingerprint density at radius 2 is 2.44 bits per heavy atom. The van der Waals surface area contributed by atoms with Gasteiger partial charge in [0, 0.05) is 25.7 Å². The van der Waals surface area contributed by atoms with E-state index in [4.69, 9.17) is 0 Å². The summed E-state index contributed by atoms with van der Waals surface area (Å²) in [7, 11) is 0. The molecule has 1 aliphatic heterocycles. The van der Waals surface area contributed by atoms with Gasteiger partial charge in [0.15, 0.2) is 0 Å². The van der Waals surface area contributed by atoms with E-state index in [2.05, 4.69) is 30.5 Å². The summed E-state index contributed by atoms with van der Waals surface area (Å²) in [6.07, 6.45) is 5.47. The third-order valence-corrected chi connectivity index (χ3v) is 2.99. The molecule has 4 nitrogen and oxygen atoms in total. The Hall–Kier alpha value is -0.870. The second-order valence-electron chi connectivity index (χ2n) is 5.29. The largest absolute Gasteiger partial charge is 0.388 e. The number of hydrogen-bond acceptors (Lipinski definition) is 3. The fourth-order valence-electron chi connectivity index (χ4n) is 2.23. The molecule has 0 amide bonds. The van der Waals surface area contributed by atoms with Gasteiger partial charge in [0.2, 0.25) is 0 Å². The number of β-amino-alcohol motifs (C(OH)–C–C–N with tert-alkyl or cyclic N) is 1. The standard InChI is InChI=1S/C12H21N3O/c1-10(2)7-15-8-11(6-14-15)5-12(16)3-4-13-9-12/h6,8,10,13,16H,3-5,7,9H2,1-2H3. The minimum Gasteiger partial charge on any atom is -0.388 e. The van der Waals surface area contributed by atoms with Gasteiger partial charge in [0.05, 0.1) is 11.8 Å². The highest BCUT2D eigenvalue weighted by atomic mass is 16.3. The molecule has 1 aromatic heterocycles. The average molecular weight is 223 g/mol. The molecule has 1 fully saturated rings. The Morgan fingerprint density at radius 3 is 3.06 bits per heavy atom. The maximum atomic E-state index is 10.2. The Morgan fingerprint density at radius 1 is 1.62 bits per heavy atom. The first-order valence-corrected chi connectivity index (χ1v) is 6.02. The minimum atomic E-state index is -0.564. The molecule has 1 aliphatic rings. The van der Waals surface area contributed by atoms with Gasteiger partial charge in [-0.05, 0) is 24.4 Å². The van der Waals surface area contributed by atoms with Crippen molar-refractivity contribution in [3.63, 3.8) is 0 Å². The van der Waals surface area contributed by atoms with Crippen molar-refractivity contribution in [3.05, 3.63) is 18.0 Å². The predicted octanol–water partition coefficient (Wildman–Crippen LogP) is 0.806. The molecular formula is C12H21N3O. The molecule has 2 rings (SSSR count). The molecule has 0 aromatic carbocycles. The van der Waals surface area contributed by atoms with Gasteiger partial charge in [0.25, 0.3) is 0 Å². The number of rotatable bonds is 4. The summed E-state index contributed by atoms with van der Waals surface area (Å²) in [5, 5.41) is 17.7. The van der Waals surface area contributed by atoms with E-state index in [1.54, 1.807) is 0 Å². The van der Waals surface area contributed by atoms with Crippen LogP contribution >= 0.6 is 0 Å². The van der Waals surface area contributed by atoms with E-state index in [-0.39, 0.29) is 0 Å². The topological polar surface area (TPSA) is 50.1 Å². The molecule has 16 heavy (non-hydrogen) atoms. The highest BCUT2D eigenvalue weighted by molar-refractivity contribution is 5.10. The van der Waals surface area contributed by atoms with Gasteiger partial charge in [0.1, 0.15) is 0 Å². The molecule has 90 valence electrons. The van der Waals surface area contributed by atoms with Crippen LogP contribution in [0.15, 0.2) is 12.4 Å². The fraction of sp³-hybridized carbons (Fsp3) is 0.750. The third-order valence-electron chi connectivity index (χ3n) is 2.99. The summed E-state index contributed by atoms with van der Waals surface area (Å²) in [5.41, 5.74) is 0.568. The Bertz CT molecular complexity index is 340. The smallest absolute Gasteiger partial charge is 0.0824 e. The number of hydrogen-bond donors (Lipinski definition) is 2. The first-order valence-electron chi connectivity index (χ1n) is 6.02. The predicted molar refractivity (Wildman–Crippen MR) is 63.2 cm³/mol. The van der Waals surface area contributed by atoms with Crippen LogP contribution in [0.1, 0.15) is 25.8 Å². The molecular weight excluding hydrogens is 202 g/mol. The molecule has 1 unspecified atom stereocenters. The summed E-state index contributed by atoms with van der Waals surface area (Å²) in [6, 6.07) is 0. The second-order valence-corrected chi connectivity index (χ2v) is 5.29. The summed E-state index contributed by atoms with van der Waals surface area (Å²) >= 11 is 0. The maximum Gasteiger partial charge on any atom is 0.0824 e. The number of aromatic nitrogens is 2. The van der Waals surface area contributed by atoms with Crippen molar-refractivity contribution in [1.82, 2.24) is 15.1 Å². The third kappa shape index (κ3) is 2.83. The van der Waals surface area contributed by atoms with Crippen LogP contribution in [0.4, 0.5) is 0 Å². The lowest BCUT2D eigenvalue weighted by molar-refractivity contribution is 0.0619. The first kappa shape index (κ1) is 11.6. The maximum absolute atomic E-state index is 10.2. The summed E-state index contributed by atoms with van der Waals surface area (Å²) in [4.78, 5) is 0. The fourth-order valence-corrected chi connectivity index (χ4v) is 2.23. The van der Waals surface area contributed by atoms with Crippen LogP contribution in [0.25, 0.3) is 0 Å². The van der Waals surface area contributed by atoms with E-state index >= 15 is 0 Å². The molecule has 0 spiro atoms. The van der Waals surface area contributed by atoms with Crippen molar-refractivity contribution in [1.29, 1.82) is 0 Å². The highest BCUT2D eigenvalue weighted by Crippen LogP contribution is 2.20. The molecule has 1 atom stereocenters. The highest BCUT2D eigenvalue weighted by Gasteiger charge is 2.31. The SMILES string of the molecule is CC(C)Cn1cc(CC2(O)CCNC2)cn1. The summed E-state index contributed by atoms with van der Waals surface area (Å²) in [5.74, 6) is 0.601. The quantitative estimate of drug-likeness (QED) is 0.794. The summed E-state index contributed by atoms with van der Waals surface area (Å²) in [6.45, 7) is 6.90. The van der Waals surface area contributed by atoms with E-state index in [0.717, 1.165) is 25.1 Å². The van der Waals surface area contributed by atoms with Crippen molar-refractivity contribution >= 4 is 0 Å². The van der Waals surface area contributed by atoms with Gasteiger partial charge < -0.3 is 10.4 Å². The van der Waals surface area contributed by atoms with Crippen molar-refractivity contribution in [2.45, 2.75) is 38.8 Å². The molecule has 2 heterocycles. The van der Waals surface area contributed by atoms with Crippen LogP contribution in [-0.4, -0.2) is 33.6 Å². The van der Waals surface area contributed by atoms with Crippen LogP contribution < -0.4 is 5.32 Å². The first-order chi connectivity index (χ1) is 7.57. The average Bonchev–Trinajstić information content (AvgIpc) is 2.75.